The second kappa shape index (κ2) is 8.74. The molecule has 1 aromatic heterocycles. The first-order valence-electron chi connectivity index (χ1n) is 8.06. The van der Waals surface area contributed by atoms with Gasteiger partial charge in [0.05, 0.1) is 22.8 Å². The van der Waals surface area contributed by atoms with Crippen molar-refractivity contribution in [1.29, 1.82) is 0 Å². The number of anilines is 3. The molecule has 1 heterocycles. The van der Waals surface area contributed by atoms with E-state index < -0.39 is 0 Å². The highest BCUT2D eigenvalue weighted by Crippen LogP contribution is 2.31. The van der Waals surface area contributed by atoms with E-state index in [1.165, 1.54) is 5.56 Å². The van der Waals surface area contributed by atoms with Gasteiger partial charge in [-0.1, -0.05) is 41.4 Å². The summed E-state index contributed by atoms with van der Waals surface area (Å²) >= 11 is 12.2. The molecular weight excluding hydrogens is 371 g/mol. The Kier molecular flexibility index (Phi) is 6.15. The minimum Gasteiger partial charge on any atom is -0.497 e. The van der Waals surface area contributed by atoms with Crippen LogP contribution in [0.15, 0.2) is 54.7 Å². The molecule has 0 saturated carbocycles. The molecule has 0 aliphatic carbocycles. The van der Waals surface area contributed by atoms with Crippen molar-refractivity contribution < 1.29 is 4.74 Å². The molecule has 26 heavy (non-hydrogen) atoms. The van der Waals surface area contributed by atoms with E-state index >= 15 is 0 Å². The van der Waals surface area contributed by atoms with Crippen molar-refractivity contribution in [2.24, 2.45) is 0 Å². The van der Waals surface area contributed by atoms with Gasteiger partial charge in [0.25, 0.3) is 0 Å². The number of nitrogens with zero attached hydrogens (tertiary/aromatic N) is 2. The van der Waals surface area contributed by atoms with E-state index in [1.807, 2.05) is 30.3 Å². The Morgan fingerprint density at radius 2 is 1.92 bits per heavy atom. The van der Waals surface area contributed by atoms with Crippen LogP contribution in [0.25, 0.3) is 0 Å². The molecule has 2 aromatic carbocycles. The van der Waals surface area contributed by atoms with Gasteiger partial charge in [-0.15, -0.1) is 0 Å². The monoisotopic (exact) mass is 388 g/mol. The van der Waals surface area contributed by atoms with Gasteiger partial charge in [0.2, 0.25) is 5.95 Å². The second-order valence-corrected chi connectivity index (χ2v) is 6.31. The first-order valence-corrected chi connectivity index (χ1v) is 8.82. The Balaban J connectivity index is 1.61. The molecule has 3 rings (SSSR count). The van der Waals surface area contributed by atoms with Crippen LogP contribution in [0.2, 0.25) is 10.0 Å². The largest absolute Gasteiger partial charge is 0.497 e. The van der Waals surface area contributed by atoms with Crippen LogP contribution in [-0.4, -0.2) is 23.6 Å². The van der Waals surface area contributed by atoms with Gasteiger partial charge in [0, 0.05) is 12.7 Å². The molecule has 0 aliphatic heterocycles. The molecule has 0 amide bonds. The lowest BCUT2D eigenvalue weighted by atomic mass is 10.1. The number of methoxy groups -OCH3 is 1. The van der Waals surface area contributed by atoms with Crippen LogP contribution in [0.4, 0.5) is 17.5 Å². The predicted octanol–water partition coefficient (Wildman–Crippen LogP) is 5.19. The maximum absolute atomic E-state index is 6.20. The van der Waals surface area contributed by atoms with Gasteiger partial charge < -0.3 is 15.4 Å². The van der Waals surface area contributed by atoms with E-state index in [0.29, 0.717) is 34.0 Å². The van der Waals surface area contributed by atoms with Crippen molar-refractivity contribution >= 4 is 40.7 Å². The van der Waals surface area contributed by atoms with Crippen LogP contribution in [0.1, 0.15) is 5.56 Å². The number of halogens is 2. The molecule has 134 valence electrons. The van der Waals surface area contributed by atoms with Crippen LogP contribution in [0, 0.1) is 0 Å². The standard InChI is InChI=1S/C19H18Cl2N4O/c1-26-14-5-2-4-13(12-14)8-10-22-19-23-11-9-17(25-19)24-16-7-3-6-15(20)18(16)21/h2-7,9,11-12H,8,10H2,1H3,(H2,22,23,24,25). The summed E-state index contributed by atoms with van der Waals surface area (Å²) in [5.74, 6) is 2.02. The average molecular weight is 389 g/mol. The summed E-state index contributed by atoms with van der Waals surface area (Å²) in [5.41, 5.74) is 1.87. The number of benzene rings is 2. The van der Waals surface area contributed by atoms with Gasteiger partial charge in [0.1, 0.15) is 11.6 Å². The summed E-state index contributed by atoms with van der Waals surface area (Å²) in [6, 6.07) is 15.1. The summed E-state index contributed by atoms with van der Waals surface area (Å²) in [5, 5.41) is 7.32. The smallest absolute Gasteiger partial charge is 0.224 e. The van der Waals surface area contributed by atoms with Crippen LogP contribution >= 0.6 is 23.2 Å². The fourth-order valence-electron chi connectivity index (χ4n) is 2.40. The predicted molar refractivity (Wildman–Crippen MR) is 107 cm³/mol. The fourth-order valence-corrected chi connectivity index (χ4v) is 2.75. The van der Waals surface area contributed by atoms with Gasteiger partial charge in [-0.3, -0.25) is 0 Å². The third kappa shape index (κ3) is 4.77. The fraction of sp³-hybridized carbons (Fsp3) is 0.158. The summed E-state index contributed by atoms with van der Waals surface area (Å²) in [6.45, 7) is 0.703. The highest BCUT2D eigenvalue weighted by Gasteiger charge is 2.06. The second-order valence-electron chi connectivity index (χ2n) is 5.52. The Morgan fingerprint density at radius 1 is 1.08 bits per heavy atom. The maximum Gasteiger partial charge on any atom is 0.224 e. The van der Waals surface area contributed by atoms with Crippen molar-refractivity contribution in [2.75, 3.05) is 24.3 Å². The first-order chi connectivity index (χ1) is 12.7. The summed E-state index contributed by atoms with van der Waals surface area (Å²) in [6.07, 6.45) is 2.51. The molecule has 5 nitrogen and oxygen atoms in total. The lowest BCUT2D eigenvalue weighted by molar-refractivity contribution is 0.414. The third-order valence-corrected chi connectivity index (χ3v) is 4.52. The Labute approximate surface area is 162 Å². The van der Waals surface area contributed by atoms with Gasteiger partial charge in [-0.2, -0.15) is 4.98 Å². The minimum atomic E-state index is 0.459. The molecule has 0 aliphatic rings. The molecule has 3 aromatic rings. The highest BCUT2D eigenvalue weighted by atomic mass is 35.5. The Hall–Kier alpha value is -2.50. The van der Waals surface area contributed by atoms with Gasteiger partial charge in [-0.05, 0) is 42.3 Å². The van der Waals surface area contributed by atoms with Gasteiger partial charge in [0.15, 0.2) is 0 Å². The first kappa shape index (κ1) is 18.3. The Bertz CT molecular complexity index is 889. The van der Waals surface area contributed by atoms with E-state index in [2.05, 4.69) is 26.7 Å². The van der Waals surface area contributed by atoms with Crippen molar-refractivity contribution in [3.8, 4) is 5.75 Å². The third-order valence-electron chi connectivity index (χ3n) is 3.70. The number of rotatable bonds is 7. The van der Waals surface area contributed by atoms with Crippen LogP contribution in [0.5, 0.6) is 5.75 Å². The van der Waals surface area contributed by atoms with Crippen molar-refractivity contribution in [3.05, 3.63) is 70.3 Å². The number of aromatic nitrogens is 2. The molecule has 0 saturated heterocycles. The van der Waals surface area contributed by atoms with E-state index in [-0.39, 0.29) is 0 Å². The molecule has 7 heteroatoms. The molecule has 0 unspecified atom stereocenters. The van der Waals surface area contributed by atoms with Crippen molar-refractivity contribution in [2.45, 2.75) is 6.42 Å². The van der Waals surface area contributed by atoms with E-state index in [0.717, 1.165) is 12.2 Å². The lowest BCUT2D eigenvalue weighted by Gasteiger charge is -2.10. The summed E-state index contributed by atoms with van der Waals surface area (Å²) in [4.78, 5) is 8.68. The van der Waals surface area contributed by atoms with Crippen LogP contribution < -0.4 is 15.4 Å². The van der Waals surface area contributed by atoms with E-state index in [1.54, 1.807) is 25.4 Å². The number of hydrogen-bond acceptors (Lipinski definition) is 5. The minimum absolute atomic E-state index is 0.459. The zero-order valence-electron chi connectivity index (χ0n) is 14.2. The molecule has 0 bridgehead atoms. The average Bonchev–Trinajstić information content (AvgIpc) is 2.66. The SMILES string of the molecule is COc1cccc(CCNc2nccc(Nc3cccc(Cl)c3Cl)n2)c1. The van der Waals surface area contributed by atoms with Gasteiger partial charge in [-0.25, -0.2) is 4.98 Å². The number of ether oxygens (including phenoxy) is 1. The number of nitrogens with one attached hydrogen (secondary N) is 2. The van der Waals surface area contributed by atoms with E-state index in [4.69, 9.17) is 27.9 Å². The van der Waals surface area contributed by atoms with Crippen LogP contribution in [0.3, 0.4) is 0 Å². The summed E-state index contributed by atoms with van der Waals surface area (Å²) < 4.78 is 5.24. The molecule has 0 spiro atoms. The molecule has 0 atom stereocenters. The topological polar surface area (TPSA) is 59.1 Å². The molecule has 0 fully saturated rings. The zero-order valence-corrected chi connectivity index (χ0v) is 15.7. The van der Waals surface area contributed by atoms with Crippen molar-refractivity contribution in [3.63, 3.8) is 0 Å². The Morgan fingerprint density at radius 3 is 2.77 bits per heavy atom. The molecular formula is C19H18Cl2N4O. The normalized spacial score (nSPS) is 10.4. The highest BCUT2D eigenvalue weighted by molar-refractivity contribution is 6.43. The zero-order chi connectivity index (χ0) is 18.4. The maximum atomic E-state index is 6.20. The molecule has 0 radical (unpaired) electrons. The van der Waals surface area contributed by atoms with Crippen molar-refractivity contribution in [1.82, 2.24) is 9.97 Å². The number of hydrogen-bond donors (Lipinski definition) is 2. The lowest BCUT2D eigenvalue weighted by Crippen LogP contribution is -2.08. The molecule has 2 N–H and O–H groups in total. The quantitative estimate of drug-likeness (QED) is 0.582. The van der Waals surface area contributed by atoms with Gasteiger partial charge >= 0.3 is 0 Å². The van der Waals surface area contributed by atoms with Crippen LogP contribution in [-0.2, 0) is 6.42 Å². The van der Waals surface area contributed by atoms with E-state index in [9.17, 15) is 0 Å². The summed E-state index contributed by atoms with van der Waals surface area (Å²) in [7, 11) is 1.66.